The van der Waals surface area contributed by atoms with Crippen LogP contribution in [0.25, 0.3) is 21.3 Å². The van der Waals surface area contributed by atoms with E-state index >= 15 is 0 Å². The summed E-state index contributed by atoms with van der Waals surface area (Å²) >= 11 is 7.93. The molecule has 0 bridgehead atoms. The van der Waals surface area contributed by atoms with Crippen LogP contribution >= 0.6 is 22.9 Å². The molecule has 2 N–H and O–H groups in total. The summed E-state index contributed by atoms with van der Waals surface area (Å²) in [5.74, 6) is 1.21. The first kappa shape index (κ1) is 20.4. The number of benzene rings is 1. The van der Waals surface area contributed by atoms with Gasteiger partial charge in [0.1, 0.15) is 4.83 Å². The zero-order chi connectivity index (χ0) is 20.4. The van der Waals surface area contributed by atoms with Gasteiger partial charge in [-0.2, -0.15) is 0 Å². The molecule has 0 unspecified atom stereocenters. The van der Waals surface area contributed by atoms with Crippen molar-refractivity contribution in [2.24, 2.45) is 5.92 Å². The summed E-state index contributed by atoms with van der Waals surface area (Å²) in [5, 5.41) is 10.9. The topological polar surface area (TPSA) is 75.2 Å². The van der Waals surface area contributed by atoms with Gasteiger partial charge in [-0.05, 0) is 48.6 Å². The second-order valence-electron chi connectivity index (χ2n) is 6.87. The number of fused-ring (bicyclic) bond motifs is 1. The molecule has 148 valence electrons. The quantitative estimate of drug-likeness (QED) is 0.567. The monoisotopic (exact) mass is 418 g/mol. The highest BCUT2D eigenvalue weighted by atomic mass is 35.5. The fourth-order valence-corrected chi connectivity index (χ4v) is 4.31. The maximum atomic E-state index is 12.8. The molecule has 2 heterocycles. The van der Waals surface area contributed by atoms with Crippen molar-refractivity contribution in [1.29, 1.82) is 0 Å². The normalized spacial score (nSPS) is 13.1. The van der Waals surface area contributed by atoms with Crippen molar-refractivity contribution in [1.82, 2.24) is 9.97 Å². The minimum Gasteiger partial charge on any atom is -0.504 e. The highest BCUT2D eigenvalue weighted by Gasteiger charge is 2.17. The number of ether oxygens (including phenoxy) is 1. The van der Waals surface area contributed by atoms with Crippen LogP contribution in [0.4, 0.5) is 0 Å². The Hall–Kier alpha value is -2.31. The number of phenolic OH excluding ortho intramolecular Hbond substituents is 1. The summed E-state index contributed by atoms with van der Waals surface area (Å²) in [6.45, 7) is 6.36. The molecular formula is C21H23ClN2O3S. The minimum atomic E-state index is -0.174. The summed E-state index contributed by atoms with van der Waals surface area (Å²) in [6, 6.07) is 4.95. The van der Waals surface area contributed by atoms with Gasteiger partial charge in [-0.1, -0.05) is 37.9 Å². The van der Waals surface area contributed by atoms with Crippen molar-refractivity contribution in [3.63, 3.8) is 0 Å². The minimum absolute atomic E-state index is 0.0150. The molecule has 0 fully saturated rings. The van der Waals surface area contributed by atoms with Crippen LogP contribution in [0.3, 0.4) is 0 Å². The summed E-state index contributed by atoms with van der Waals surface area (Å²) in [5.41, 5.74) is 1.58. The number of aryl methyl sites for hydroxylation is 1. The van der Waals surface area contributed by atoms with Crippen molar-refractivity contribution in [2.45, 2.75) is 33.6 Å². The van der Waals surface area contributed by atoms with E-state index in [1.807, 2.05) is 6.92 Å². The Morgan fingerprint density at radius 3 is 2.86 bits per heavy atom. The smallest absolute Gasteiger partial charge is 0.260 e. The molecule has 0 aliphatic carbocycles. The van der Waals surface area contributed by atoms with E-state index in [9.17, 15) is 9.90 Å². The van der Waals surface area contributed by atoms with Crippen LogP contribution in [-0.4, -0.2) is 22.2 Å². The molecule has 3 rings (SSSR count). The van der Waals surface area contributed by atoms with Gasteiger partial charge in [-0.25, -0.2) is 4.98 Å². The summed E-state index contributed by atoms with van der Waals surface area (Å²) in [7, 11) is 1.49. The van der Waals surface area contributed by atoms with Gasteiger partial charge in [0, 0.05) is 4.88 Å². The Bertz CT molecular complexity index is 1100. The number of H-pyrrole nitrogens is 1. The number of aromatic hydroxyl groups is 1. The number of phenols is 1. The molecule has 1 aromatic carbocycles. The third kappa shape index (κ3) is 4.08. The summed E-state index contributed by atoms with van der Waals surface area (Å²) in [6.07, 6.45) is 3.57. The summed E-state index contributed by atoms with van der Waals surface area (Å²) < 4.78 is 5.04. The number of nitrogens with zero attached hydrogens (tertiary/aromatic N) is 1. The number of aromatic nitrogens is 2. The summed E-state index contributed by atoms with van der Waals surface area (Å²) in [4.78, 5) is 22.0. The third-order valence-corrected chi connectivity index (χ3v) is 6.16. The molecule has 1 atom stereocenters. The second kappa shape index (κ2) is 8.37. The second-order valence-corrected chi connectivity index (χ2v) is 8.48. The average Bonchev–Trinajstić information content (AvgIpc) is 2.97. The number of hydrogen-bond donors (Lipinski definition) is 2. The van der Waals surface area contributed by atoms with Crippen molar-refractivity contribution >= 4 is 44.3 Å². The van der Waals surface area contributed by atoms with E-state index in [1.165, 1.54) is 24.5 Å². The SMILES string of the molecule is CC[C@@H](C)Cc1c(C)sc2nc(/C(Cl)=C/c3ccc(OC)c(O)c3)[nH]c(=O)c12. The van der Waals surface area contributed by atoms with Crippen LogP contribution in [0.5, 0.6) is 11.5 Å². The van der Waals surface area contributed by atoms with Crippen LogP contribution in [0.2, 0.25) is 0 Å². The van der Waals surface area contributed by atoms with E-state index < -0.39 is 0 Å². The number of rotatable bonds is 6. The van der Waals surface area contributed by atoms with Gasteiger partial charge >= 0.3 is 0 Å². The lowest BCUT2D eigenvalue weighted by atomic mass is 9.98. The predicted molar refractivity (Wildman–Crippen MR) is 117 cm³/mol. The van der Waals surface area contributed by atoms with Gasteiger partial charge in [-0.15, -0.1) is 11.3 Å². The van der Waals surface area contributed by atoms with Crippen molar-refractivity contribution < 1.29 is 9.84 Å². The maximum absolute atomic E-state index is 12.8. The highest BCUT2D eigenvalue weighted by molar-refractivity contribution is 7.18. The van der Waals surface area contributed by atoms with Crippen LogP contribution < -0.4 is 10.3 Å². The number of thiophene rings is 1. The Morgan fingerprint density at radius 1 is 1.46 bits per heavy atom. The molecule has 0 amide bonds. The lowest BCUT2D eigenvalue weighted by molar-refractivity contribution is 0.373. The first-order valence-corrected chi connectivity index (χ1v) is 10.3. The van der Waals surface area contributed by atoms with E-state index in [-0.39, 0.29) is 16.3 Å². The van der Waals surface area contributed by atoms with E-state index in [2.05, 4.69) is 23.8 Å². The number of aromatic amines is 1. The molecule has 3 aromatic rings. The van der Waals surface area contributed by atoms with Crippen molar-refractivity contribution in [3.8, 4) is 11.5 Å². The van der Waals surface area contributed by atoms with Crippen molar-refractivity contribution in [2.75, 3.05) is 7.11 Å². The predicted octanol–water partition coefficient (Wildman–Crippen LogP) is 5.33. The van der Waals surface area contributed by atoms with Crippen molar-refractivity contribution in [3.05, 3.63) is 50.4 Å². The molecule has 0 radical (unpaired) electrons. The first-order chi connectivity index (χ1) is 13.3. The number of methoxy groups -OCH3 is 1. The standard InChI is InChI=1S/C21H23ClN2O3S/c1-5-11(2)8-14-12(3)28-21-18(14)20(26)23-19(24-21)15(22)9-13-6-7-17(27-4)16(25)10-13/h6-7,9-11,25H,5,8H2,1-4H3,(H,23,24,26)/b15-9-/t11-/m1/s1. The molecule has 7 heteroatoms. The molecule has 0 aliphatic heterocycles. The van der Waals surface area contributed by atoms with Gasteiger partial charge in [0.2, 0.25) is 0 Å². The van der Waals surface area contributed by atoms with Gasteiger partial charge < -0.3 is 14.8 Å². The van der Waals surface area contributed by atoms with E-state index in [0.717, 1.165) is 23.3 Å². The number of nitrogens with one attached hydrogen (secondary N) is 1. The Labute approximate surface area is 172 Å². The molecule has 0 saturated carbocycles. The number of hydrogen-bond acceptors (Lipinski definition) is 5. The largest absolute Gasteiger partial charge is 0.504 e. The lowest BCUT2D eigenvalue weighted by Crippen LogP contribution is -2.12. The fraction of sp³-hybridized carbons (Fsp3) is 0.333. The van der Waals surface area contributed by atoms with Crippen LogP contribution in [0.15, 0.2) is 23.0 Å². The molecule has 0 saturated heterocycles. The molecule has 28 heavy (non-hydrogen) atoms. The maximum Gasteiger partial charge on any atom is 0.260 e. The van der Waals surface area contributed by atoms with Gasteiger partial charge in [0.15, 0.2) is 17.3 Å². The van der Waals surface area contributed by atoms with E-state index in [4.69, 9.17) is 16.3 Å². The van der Waals surface area contributed by atoms with Gasteiger partial charge in [0.25, 0.3) is 5.56 Å². The molecule has 0 aliphatic rings. The molecule has 5 nitrogen and oxygen atoms in total. The first-order valence-electron chi connectivity index (χ1n) is 9.10. The fourth-order valence-electron chi connectivity index (χ4n) is 3.04. The Morgan fingerprint density at radius 2 is 2.21 bits per heavy atom. The highest BCUT2D eigenvalue weighted by Crippen LogP contribution is 2.32. The van der Waals surface area contributed by atoms with Crippen LogP contribution in [-0.2, 0) is 6.42 Å². The van der Waals surface area contributed by atoms with Gasteiger partial charge in [0.05, 0.1) is 17.5 Å². The zero-order valence-corrected chi connectivity index (χ0v) is 17.9. The average molecular weight is 419 g/mol. The third-order valence-electron chi connectivity index (χ3n) is 4.83. The molecule has 2 aromatic heterocycles. The van der Waals surface area contributed by atoms with Crippen LogP contribution in [0, 0.1) is 12.8 Å². The lowest BCUT2D eigenvalue weighted by Gasteiger charge is -2.08. The number of halogens is 1. The van der Waals surface area contributed by atoms with Gasteiger partial charge in [-0.3, -0.25) is 4.79 Å². The van der Waals surface area contributed by atoms with E-state index in [0.29, 0.717) is 33.3 Å². The van der Waals surface area contributed by atoms with E-state index in [1.54, 1.807) is 18.2 Å². The molecule has 0 spiro atoms. The van der Waals surface area contributed by atoms with Crippen LogP contribution in [0.1, 0.15) is 42.1 Å². The zero-order valence-electron chi connectivity index (χ0n) is 16.3. The molecular weight excluding hydrogens is 396 g/mol. The Balaban J connectivity index is 2.02. The Kier molecular flexibility index (Phi) is 6.10.